The van der Waals surface area contributed by atoms with Gasteiger partial charge < -0.3 is 4.74 Å². The number of aromatic nitrogens is 5. The van der Waals surface area contributed by atoms with Crippen LogP contribution in [-0.4, -0.2) is 37.6 Å². The van der Waals surface area contributed by atoms with Crippen molar-refractivity contribution in [2.75, 3.05) is 7.11 Å². The van der Waals surface area contributed by atoms with Crippen LogP contribution in [0.1, 0.15) is 24.9 Å². The van der Waals surface area contributed by atoms with Gasteiger partial charge >= 0.3 is 5.97 Å². The molecule has 0 radical (unpaired) electrons. The van der Waals surface area contributed by atoms with E-state index in [1.807, 2.05) is 19.1 Å². The summed E-state index contributed by atoms with van der Waals surface area (Å²) in [4.78, 5) is 28.8. The predicted octanol–water partition coefficient (Wildman–Crippen LogP) is 2.06. The number of rotatable bonds is 4. The van der Waals surface area contributed by atoms with Crippen molar-refractivity contribution >= 4 is 28.7 Å². The van der Waals surface area contributed by atoms with Crippen LogP contribution in [0.5, 0.6) is 0 Å². The average molecular weight is 362 g/mol. The zero-order valence-electron chi connectivity index (χ0n) is 13.9. The van der Waals surface area contributed by atoms with Gasteiger partial charge in [0.1, 0.15) is 12.4 Å². The number of esters is 1. The van der Waals surface area contributed by atoms with Crippen molar-refractivity contribution in [1.29, 1.82) is 0 Å². The van der Waals surface area contributed by atoms with Gasteiger partial charge in [-0.25, -0.2) is 9.78 Å². The Morgan fingerprint density at radius 1 is 1.40 bits per heavy atom. The predicted molar refractivity (Wildman–Crippen MR) is 92.0 cm³/mol. The van der Waals surface area contributed by atoms with E-state index in [4.69, 9.17) is 16.3 Å². The molecule has 25 heavy (non-hydrogen) atoms. The lowest BCUT2D eigenvalue weighted by Gasteiger charge is -2.14. The molecule has 0 spiro atoms. The maximum atomic E-state index is 12.7. The van der Waals surface area contributed by atoms with Gasteiger partial charge in [0.2, 0.25) is 0 Å². The van der Waals surface area contributed by atoms with Crippen molar-refractivity contribution in [3.8, 4) is 5.69 Å². The molecule has 0 aliphatic carbocycles. The Labute approximate surface area is 148 Å². The van der Waals surface area contributed by atoms with Crippen molar-refractivity contribution in [3.05, 3.63) is 45.5 Å². The zero-order valence-corrected chi connectivity index (χ0v) is 14.7. The number of aryl methyl sites for hydroxylation is 1. The van der Waals surface area contributed by atoms with Crippen molar-refractivity contribution in [3.63, 3.8) is 0 Å². The fourth-order valence-electron chi connectivity index (χ4n) is 2.55. The number of halogens is 1. The molecule has 0 fully saturated rings. The van der Waals surface area contributed by atoms with Crippen LogP contribution in [0.4, 0.5) is 0 Å². The van der Waals surface area contributed by atoms with E-state index >= 15 is 0 Å². The molecule has 130 valence electrons. The van der Waals surface area contributed by atoms with Gasteiger partial charge in [-0.2, -0.15) is 4.68 Å². The van der Waals surface area contributed by atoms with Crippen LogP contribution in [-0.2, 0) is 9.53 Å². The number of nitrogens with zero attached hydrogens (tertiary/aromatic N) is 5. The van der Waals surface area contributed by atoms with E-state index in [2.05, 4.69) is 15.3 Å². The highest BCUT2D eigenvalue weighted by Gasteiger charge is 2.23. The van der Waals surface area contributed by atoms with E-state index in [0.29, 0.717) is 22.8 Å². The van der Waals surface area contributed by atoms with E-state index < -0.39 is 17.6 Å². The Kier molecular flexibility index (Phi) is 4.54. The third kappa shape index (κ3) is 2.89. The Balaban J connectivity index is 2.15. The smallest absolute Gasteiger partial charge is 0.329 e. The van der Waals surface area contributed by atoms with Crippen LogP contribution in [0.15, 0.2) is 29.3 Å². The van der Waals surface area contributed by atoms with Crippen LogP contribution < -0.4 is 5.56 Å². The molecule has 0 amide bonds. The van der Waals surface area contributed by atoms with Crippen LogP contribution >= 0.6 is 11.6 Å². The molecule has 0 aliphatic rings. The highest BCUT2D eigenvalue weighted by atomic mass is 35.5. The number of methoxy groups -OCH3 is 1. The van der Waals surface area contributed by atoms with Gasteiger partial charge in [-0.15, -0.1) is 5.10 Å². The quantitative estimate of drug-likeness (QED) is 0.660. The Hall–Kier alpha value is -2.74. The van der Waals surface area contributed by atoms with E-state index in [0.717, 1.165) is 5.56 Å². The van der Waals surface area contributed by atoms with Gasteiger partial charge in [-0.05, 0) is 31.0 Å². The first-order chi connectivity index (χ1) is 12.0. The standard InChI is InChI=1S/C16H16ClN5O3/c1-4-12(16(24)25-3)21-8-18-14-13(15(21)23)19-20-22(14)10-6-5-9(2)11(17)7-10/h5-8,12H,4H2,1-3H3/t12-/m0/s1. The van der Waals surface area contributed by atoms with Gasteiger partial charge in [0.15, 0.2) is 11.2 Å². The SMILES string of the molecule is CC[C@@H](C(=O)OC)n1cnc2c(nnn2-c2ccc(C)c(Cl)c2)c1=O. The Bertz CT molecular complexity index is 1010. The molecule has 0 saturated carbocycles. The minimum atomic E-state index is -0.756. The third-order valence-electron chi connectivity index (χ3n) is 3.98. The first kappa shape index (κ1) is 17.1. The first-order valence-electron chi connectivity index (χ1n) is 7.64. The lowest BCUT2D eigenvalue weighted by molar-refractivity contribution is -0.144. The van der Waals surface area contributed by atoms with Gasteiger partial charge in [-0.3, -0.25) is 9.36 Å². The molecular weight excluding hydrogens is 346 g/mol. The molecule has 0 N–H and O–H groups in total. The van der Waals surface area contributed by atoms with Crippen molar-refractivity contribution < 1.29 is 9.53 Å². The van der Waals surface area contributed by atoms with Gasteiger partial charge in [0.05, 0.1) is 12.8 Å². The third-order valence-corrected chi connectivity index (χ3v) is 4.39. The molecular formula is C16H16ClN5O3. The molecule has 2 heterocycles. The zero-order chi connectivity index (χ0) is 18.1. The molecule has 8 nitrogen and oxygen atoms in total. The Morgan fingerprint density at radius 3 is 2.80 bits per heavy atom. The summed E-state index contributed by atoms with van der Waals surface area (Å²) >= 11 is 6.15. The van der Waals surface area contributed by atoms with Crippen LogP contribution in [0.25, 0.3) is 16.9 Å². The largest absolute Gasteiger partial charge is 0.467 e. The molecule has 0 saturated heterocycles. The highest BCUT2D eigenvalue weighted by Crippen LogP contribution is 2.21. The molecule has 0 unspecified atom stereocenters. The van der Waals surface area contributed by atoms with Gasteiger partial charge in [-0.1, -0.05) is 29.8 Å². The summed E-state index contributed by atoms with van der Waals surface area (Å²) in [5.41, 5.74) is 1.48. The molecule has 2 aromatic heterocycles. The first-order valence-corrected chi connectivity index (χ1v) is 8.02. The lowest BCUT2D eigenvalue weighted by Crippen LogP contribution is -2.30. The molecule has 3 aromatic rings. The fourth-order valence-corrected chi connectivity index (χ4v) is 2.72. The number of carbonyl (C=O) groups excluding carboxylic acids is 1. The number of hydrogen-bond donors (Lipinski definition) is 0. The summed E-state index contributed by atoms with van der Waals surface area (Å²) in [5.74, 6) is -0.511. The van der Waals surface area contributed by atoms with E-state index in [-0.39, 0.29) is 5.52 Å². The summed E-state index contributed by atoms with van der Waals surface area (Å²) in [7, 11) is 1.28. The summed E-state index contributed by atoms with van der Waals surface area (Å²) in [6, 6.07) is 4.62. The summed E-state index contributed by atoms with van der Waals surface area (Å²) in [5, 5.41) is 8.51. The van der Waals surface area contributed by atoms with E-state index in [1.165, 1.54) is 22.7 Å². The highest BCUT2D eigenvalue weighted by molar-refractivity contribution is 6.31. The molecule has 1 atom stereocenters. The van der Waals surface area contributed by atoms with Crippen LogP contribution in [0.3, 0.4) is 0 Å². The fraction of sp³-hybridized carbons (Fsp3) is 0.312. The molecule has 1 aromatic carbocycles. The number of ether oxygens (including phenoxy) is 1. The van der Waals surface area contributed by atoms with E-state index in [9.17, 15) is 9.59 Å². The number of fused-ring (bicyclic) bond motifs is 1. The molecule has 0 aliphatic heterocycles. The minimum Gasteiger partial charge on any atom is -0.467 e. The average Bonchev–Trinajstić information content (AvgIpc) is 3.04. The monoisotopic (exact) mass is 361 g/mol. The maximum absolute atomic E-state index is 12.7. The summed E-state index contributed by atoms with van der Waals surface area (Å²) in [6.45, 7) is 3.67. The van der Waals surface area contributed by atoms with Gasteiger partial charge in [0.25, 0.3) is 5.56 Å². The Morgan fingerprint density at radius 2 is 2.16 bits per heavy atom. The number of carbonyl (C=O) groups is 1. The molecule has 9 heteroatoms. The normalized spacial score (nSPS) is 12.3. The molecule has 3 rings (SSSR count). The van der Waals surface area contributed by atoms with Gasteiger partial charge in [0, 0.05) is 5.02 Å². The maximum Gasteiger partial charge on any atom is 0.329 e. The van der Waals surface area contributed by atoms with Crippen molar-refractivity contribution in [1.82, 2.24) is 24.5 Å². The summed E-state index contributed by atoms with van der Waals surface area (Å²) in [6.07, 6.45) is 1.70. The molecule has 0 bridgehead atoms. The lowest BCUT2D eigenvalue weighted by atomic mass is 10.2. The summed E-state index contributed by atoms with van der Waals surface area (Å²) < 4.78 is 7.39. The number of benzene rings is 1. The minimum absolute atomic E-state index is 0.0709. The van der Waals surface area contributed by atoms with E-state index in [1.54, 1.807) is 13.0 Å². The van der Waals surface area contributed by atoms with Crippen LogP contribution in [0.2, 0.25) is 5.02 Å². The van der Waals surface area contributed by atoms with Crippen LogP contribution in [0, 0.1) is 6.92 Å². The number of hydrogen-bond acceptors (Lipinski definition) is 6. The topological polar surface area (TPSA) is 91.9 Å². The second-order valence-electron chi connectivity index (χ2n) is 5.51. The van der Waals surface area contributed by atoms with Crippen molar-refractivity contribution in [2.45, 2.75) is 26.3 Å². The second-order valence-corrected chi connectivity index (χ2v) is 5.92. The van der Waals surface area contributed by atoms with Crippen molar-refractivity contribution in [2.24, 2.45) is 0 Å². The second kappa shape index (κ2) is 6.64.